The lowest BCUT2D eigenvalue weighted by Crippen LogP contribution is -2.32. The predicted octanol–water partition coefficient (Wildman–Crippen LogP) is 28.9. The van der Waals surface area contributed by atoms with Gasteiger partial charge in [-0.15, -0.1) is 0 Å². The van der Waals surface area contributed by atoms with Gasteiger partial charge in [0.25, 0.3) is 0 Å². The lowest BCUT2D eigenvalue weighted by molar-refractivity contribution is 0.441. The first-order valence-electron chi connectivity index (χ1n) is 37.9. The highest BCUT2D eigenvalue weighted by Crippen LogP contribution is 2.67. The molecule has 5 heteroatoms. The molecule has 2 aliphatic heterocycles. The molecule has 0 radical (unpaired) electrons. The van der Waals surface area contributed by atoms with Crippen molar-refractivity contribution in [3.05, 3.63) is 474 Å². The molecule has 2 atom stereocenters. The molecule has 524 valence electrons. The molecule has 4 nitrogen and oxygen atoms in total. The Morgan fingerprint density at radius 3 is 1.17 bits per heavy atom. The summed E-state index contributed by atoms with van der Waals surface area (Å²) >= 11 is 3.86. The Morgan fingerprint density at radius 1 is 0.243 bits per heavy atom. The average Bonchev–Trinajstić information content (AvgIpc) is 1.55. The molecule has 2 unspecified atom stereocenters. The number of rotatable bonds is 9. The molecule has 0 bridgehead atoms. The molecule has 0 fully saturated rings. The number of hydrogen-bond donors (Lipinski definition) is 1. The highest BCUT2D eigenvalue weighted by Gasteiger charge is 2.54. The molecular weight excluding hydrogens is 1410 g/mol. The molecule has 2 spiro atoms. The molecule has 2 aliphatic carbocycles. The van der Waals surface area contributed by atoms with Crippen molar-refractivity contribution >= 4 is 65.9 Å². The molecule has 2 heterocycles. The predicted molar refractivity (Wildman–Crippen MR) is 463 cm³/mol. The van der Waals surface area contributed by atoms with Crippen LogP contribution in [0.25, 0.3) is 88.3 Å². The second kappa shape index (κ2) is 28.1. The highest BCUT2D eigenvalue weighted by molar-refractivity contribution is 9.10. The van der Waals surface area contributed by atoms with Gasteiger partial charge in [0, 0.05) is 76.8 Å². The summed E-state index contributed by atoms with van der Waals surface area (Å²) in [4.78, 5) is 2.47. The molecule has 0 amide bonds. The number of ether oxygens (including phenoxy) is 2. The van der Waals surface area contributed by atoms with Crippen LogP contribution in [0.3, 0.4) is 0 Å². The van der Waals surface area contributed by atoms with E-state index in [1.54, 1.807) is 0 Å². The largest absolute Gasteiger partial charge is 0.456 e. The van der Waals surface area contributed by atoms with Crippen LogP contribution in [0.2, 0.25) is 0 Å². The summed E-state index contributed by atoms with van der Waals surface area (Å²) in [6.45, 7) is 0. The summed E-state index contributed by atoms with van der Waals surface area (Å²) in [5, 5.41) is 8.17. The van der Waals surface area contributed by atoms with Gasteiger partial charge in [-0.05, 0) is 138 Å². The molecule has 111 heavy (non-hydrogen) atoms. The van der Waals surface area contributed by atoms with Crippen molar-refractivity contribution < 1.29 is 9.47 Å². The Labute approximate surface area is 655 Å². The number of fused-ring (bicyclic) bond motifs is 22. The summed E-state index contributed by atoms with van der Waals surface area (Å²) in [5.41, 5.74) is 29.0. The molecule has 0 aromatic heterocycles. The summed E-state index contributed by atoms with van der Waals surface area (Å²) in [6, 6.07) is 152. The molecule has 18 aromatic carbocycles. The van der Waals surface area contributed by atoms with Gasteiger partial charge in [-0.1, -0.05) is 380 Å². The van der Waals surface area contributed by atoms with E-state index in [-0.39, 0.29) is 0 Å². The number of para-hydroxylation sites is 4. The van der Waals surface area contributed by atoms with E-state index in [4.69, 9.17) is 9.47 Å². The zero-order chi connectivity index (χ0) is 73.8. The lowest BCUT2D eigenvalue weighted by atomic mass is 9.65. The molecule has 0 saturated carbocycles. The average molecular weight is 1480 g/mol. The molecular formula is C106H71BrN2O2. The smallest absolute Gasteiger partial charge is 0.140 e. The lowest BCUT2D eigenvalue weighted by Gasteiger charge is -2.40. The van der Waals surface area contributed by atoms with Crippen molar-refractivity contribution in [2.45, 2.75) is 10.8 Å². The zero-order valence-corrected chi connectivity index (χ0v) is 62.1. The standard InChI is InChI=1S/C53H35NO.C29H17BrO.C24H19N/c1-3-16-36(17-4-1)37-30-33-40(34-31-37)54(48-27-13-10-21-41(48)38-18-5-2-6-19-38)49-28-15-26-46-51(49)43-23-9-11-24-44(43)53(46)45-25-12-14-29-50(45)55-52-42-22-8-7-20-39(42)32-35-47(52)53;30-25-14-7-13-23-27(25)20-10-3-4-11-21(20)29(23)22-12-5-6-15-26(22)31-28-19-9-2-1-8-18(19)16-17-24(28)29;1-3-9-19(10-4-1)20-15-17-22(18-16-20)25-24-14-8-7-13-23(24)21-11-5-2-6-12-21/h1-35H;1-17H;1-18,25H. The van der Waals surface area contributed by atoms with Crippen molar-refractivity contribution in [3.63, 3.8) is 0 Å². The number of benzene rings is 18. The van der Waals surface area contributed by atoms with Crippen molar-refractivity contribution in [2.75, 3.05) is 10.2 Å². The summed E-state index contributed by atoms with van der Waals surface area (Å²) in [6.07, 6.45) is 0. The summed E-state index contributed by atoms with van der Waals surface area (Å²) in [7, 11) is 0. The van der Waals surface area contributed by atoms with Gasteiger partial charge < -0.3 is 19.7 Å². The van der Waals surface area contributed by atoms with Crippen LogP contribution in [-0.2, 0) is 10.8 Å². The number of nitrogens with one attached hydrogen (secondary N) is 1. The van der Waals surface area contributed by atoms with Gasteiger partial charge in [0.05, 0.1) is 22.2 Å². The van der Waals surface area contributed by atoms with Gasteiger partial charge in [-0.3, -0.25) is 0 Å². The van der Waals surface area contributed by atoms with E-state index in [2.05, 4.69) is 439 Å². The topological polar surface area (TPSA) is 33.7 Å². The third-order valence-corrected chi connectivity index (χ3v) is 23.3. The SMILES string of the molecule is Brc1cccc2c1-c1ccccc1C21c2ccccc2Oc2c1ccc1ccccc21.c1ccc(-c2ccc(N(c3ccccc3-c3ccccc3)c3cccc4c3-c3ccccc3C43c4ccccc4Oc4c3ccc3ccccc43)cc2)cc1.c1ccc(-c2ccc(Nc3ccccc3-c3ccccc3)cc2)cc1. The molecule has 1 N–H and O–H groups in total. The summed E-state index contributed by atoms with van der Waals surface area (Å²) < 4.78 is 14.7. The minimum atomic E-state index is -0.599. The molecule has 22 rings (SSSR count). The molecule has 4 aliphatic rings. The number of anilines is 5. The molecule has 0 saturated heterocycles. The van der Waals surface area contributed by atoms with Crippen molar-refractivity contribution in [3.8, 4) is 89.8 Å². The van der Waals surface area contributed by atoms with Gasteiger partial charge in [-0.25, -0.2) is 0 Å². The Balaban J connectivity index is 0.000000121. The fourth-order valence-corrected chi connectivity index (χ4v) is 18.4. The van der Waals surface area contributed by atoms with Gasteiger partial charge in [0.15, 0.2) is 0 Å². The van der Waals surface area contributed by atoms with E-state index in [9.17, 15) is 0 Å². The maximum atomic E-state index is 6.93. The second-order valence-electron chi connectivity index (χ2n) is 28.6. The Morgan fingerprint density at radius 2 is 0.622 bits per heavy atom. The van der Waals surface area contributed by atoms with Crippen LogP contribution in [0.15, 0.2) is 429 Å². The van der Waals surface area contributed by atoms with Crippen LogP contribution in [0.1, 0.15) is 44.5 Å². The van der Waals surface area contributed by atoms with Gasteiger partial charge in [-0.2, -0.15) is 0 Å². The first-order chi connectivity index (χ1) is 55.0. The summed E-state index contributed by atoms with van der Waals surface area (Å²) in [5.74, 6) is 3.70. The minimum absolute atomic E-state index is 0.413. The third-order valence-electron chi connectivity index (χ3n) is 22.6. The monoisotopic (exact) mass is 1480 g/mol. The first kappa shape index (κ1) is 66.6. The minimum Gasteiger partial charge on any atom is -0.456 e. The molecule has 18 aromatic rings. The second-order valence-corrected chi connectivity index (χ2v) is 29.4. The third kappa shape index (κ3) is 11.2. The van der Waals surface area contributed by atoms with Crippen LogP contribution < -0.4 is 19.7 Å². The van der Waals surface area contributed by atoms with E-state index < -0.39 is 10.8 Å². The van der Waals surface area contributed by atoms with Gasteiger partial charge in [0.2, 0.25) is 0 Å². The van der Waals surface area contributed by atoms with E-state index in [0.29, 0.717) is 0 Å². The zero-order valence-electron chi connectivity index (χ0n) is 60.6. The van der Waals surface area contributed by atoms with Crippen LogP contribution >= 0.6 is 15.9 Å². The van der Waals surface area contributed by atoms with Gasteiger partial charge >= 0.3 is 0 Å². The maximum absolute atomic E-state index is 6.93. The maximum Gasteiger partial charge on any atom is 0.140 e. The van der Waals surface area contributed by atoms with Crippen LogP contribution in [0, 0.1) is 0 Å². The van der Waals surface area contributed by atoms with E-state index in [1.807, 2.05) is 12.1 Å². The van der Waals surface area contributed by atoms with Crippen molar-refractivity contribution in [1.82, 2.24) is 0 Å². The number of nitrogens with zero attached hydrogens (tertiary/aromatic N) is 1. The highest BCUT2D eigenvalue weighted by atomic mass is 79.9. The van der Waals surface area contributed by atoms with E-state index in [0.717, 1.165) is 77.8 Å². The van der Waals surface area contributed by atoms with Crippen molar-refractivity contribution in [1.29, 1.82) is 0 Å². The van der Waals surface area contributed by atoms with Crippen LogP contribution in [0.4, 0.5) is 28.4 Å². The van der Waals surface area contributed by atoms with Crippen LogP contribution in [0.5, 0.6) is 23.0 Å². The fourth-order valence-electron chi connectivity index (χ4n) is 17.8. The number of hydrogen-bond acceptors (Lipinski definition) is 4. The number of halogens is 1. The normalized spacial score (nSPS) is 14.6. The van der Waals surface area contributed by atoms with Crippen LogP contribution in [-0.4, -0.2) is 0 Å². The first-order valence-corrected chi connectivity index (χ1v) is 38.7. The fraction of sp³-hybridized carbons (Fsp3) is 0.0189. The van der Waals surface area contributed by atoms with Gasteiger partial charge in [0.1, 0.15) is 23.0 Å². The Kier molecular flexibility index (Phi) is 16.8. The van der Waals surface area contributed by atoms with E-state index in [1.165, 1.54) is 111 Å². The van der Waals surface area contributed by atoms with Crippen molar-refractivity contribution in [2.24, 2.45) is 0 Å². The quantitative estimate of drug-likeness (QED) is 0.156. The Hall–Kier alpha value is -13.8. The Bertz CT molecular complexity index is 6560. The van der Waals surface area contributed by atoms with E-state index >= 15 is 0 Å².